The molecule has 1 aliphatic rings. The van der Waals surface area contributed by atoms with Crippen LogP contribution in [0, 0.1) is 0 Å². The van der Waals surface area contributed by atoms with Crippen LogP contribution in [0.4, 0.5) is 0 Å². The first kappa shape index (κ1) is 14.5. The van der Waals surface area contributed by atoms with Crippen LogP contribution in [-0.4, -0.2) is 53.9 Å². The van der Waals surface area contributed by atoms with Crippen LogP contribution < -0.4 is 5.56 Å². The molecule has 114 valence electrons. The van der Waals surface area contributed by atoms with Crippen molar-refractivity contribution in [3.05, 3.63) is 58.5 Å². The van der Waals surface area contributed by atoms with Gasteiger partial charge in [-0.05, 0) is 18.7 Å². The van der Waals surface area contributed by atoms with E-state index in [0.29, 0.717) is 18.7 Å². The number of carbonyl (C=O) groups is 1. The van der Waals surface area contributed by atoms with Crippen LogP contribution in [0.1, 0.15) is 10.4 Å². The Morgan fingerprint density at radius 3 is 2.41 bits per heavy atom. The maximum absolute atomic E-state index is 12.8. The van der Waals surface area contributed by atoms with Crippen molar-refractivity contribution >= 4 is 5.91 Å². The third kappa shape index (κ3) is 2.80. The zero-order chi connectivity index (χ0) is 15.5. The molecule has 0 spiro atoms. The average Bonchev–Trinajstić information content (AvgIpc) is 2.55. The number of carbonyl (C=O) groups excluding carboxylic acids is 1. The Kier molecular flexibility index (Phi) is 4.06. The molecule has 0 saturated carbocycles. The summed E-state index contributed by atoms with van der Waals surface area (Å²) in [5.41, 5.74) is 1.47. The van der Waals surface area contributed by atoms with Gasteiger partial charge in [-0.15, -0.1) is 0 Å². The van der Waals surface area contributed by atoms with Gasteiger partial charge in [-0.1, -0.05) is 30.3 Å². The van der Waals surface area contributed by atoms with Crippen LogP contribution in [0.15, 0.2) is 47.4 Å². The fraction of sp³-hybridized carbons (Fsp3) is 0.294. The van der Waals surface area contributed by atoms with Gasteiger partial charge in [0.15, 0.2) is 0 Å². The minimum Gasteiger partial charge on any atom is -0.336 e. The third-order valence-electron chi connectivity index (χ3n) is 4.05. The zero-order valence-electron chi connectivity index (χ0n) is 12.6. The molecule has 3 rings (SSSR count). The average molecular weight is 297 g/mol. The summed E-state index contributed by atoms with van der Waals surface area (Å²) in [5.74, 6) is -0.186. The van der Waals surface area contributed by atoms with E-state index in [2.05, 4.69) is 9.88 Å². The maximum atomic E-state index is 12.8. The summed E-state index contributed by atoms with van der Waals surface area (Å²) < 4.78 is 0. The van der Waals surface area contributed by atoms with Crippen LogP contribution in [0.5, 0.6) is 0 Å². The SMILES string of the molecule is CN1CCN(C(=O)c2c(-c3ccccc3)cc[nH]c2=O)CC1. The monoisotopic (exact) mass is 297 g/mol. The zero-order valence-corrected chi connectivity index (χ0v) is 12.6. The number of aromatic amines is 1. The minimum absolute atomic E-state index is 0.186. The molecule has 2 heterocycles. The number of H-pyrrole nitrogens is 1. The summed E-state index contributed by atoms with van der Waals surface area (Å²) in [4.78, 5) is 31.6. The van der Waals surface area contributed by atoms with Crippen molar-refractivity contribution in [2.75, 3.05) is 33.2 Å². The Morgan fingerprint density at radius 1 is 1.05 bits per heavy atom. The molecule has 5 heteroatoms. The molecule has 1 amide bonds. The summed E-state index contributed by atoms with van der Waals surface area (Å²) in [6, 6.07) is 11.3. The van der Waals surface area contributed by atoms with E-state index in [4.69, 9.17) is 0 Å². The molecule has 1 aromatic heterocycles. The van der Waals surface area contributed by atoms with Crippen molar-refractivity contribution < 1.29 is 4.79 Å². The Morgan fingerprint density at radius 2 is 1.73 bits per heavy atom. The summed E-state index contributed by atoms with van der Waals surface area (Å²) in [7, 11) is 2.03. The molecule has 22 heavy (non-hydrogen) atoms. The molecule has 0 atom stereocenters. The highest BCUT2D eigenvalue weighted by Crippen LogP contribution is 2.22. The van der Waals surface area contributed by atoms with Gasteiger partial charge in [0.2, 0.25) is 0 Å². The molecule has 1 N–H and O–H groups in total. The second-order valence-corrected chi connectivity index (χ2v) is 5.56. The molecule has 0 aliphatic carbocycles. The topological polar surface area (TPSA) is 56.4 Å². The summed E-state index contributed by atoms with van der Waals surface area (Å²) in [5, 5.41) is 0. The van der Waals surface area contributed by atoms with Crippen LogP contribution >= 0.6 is 0 Å². The fourth-order valence-corrected chi connectivity index (χ4v) is 2.72. The van der Waals surface area contributed by atoms with Gasteiger partial charge in [0, 0.05) is 37.9 Å². The molecule has 0 radical (unpaired) electrons. The normalized spacial score (nSPS) is 15.8. The van der Waals surface area contributed by atoms with Gasteiger partial charge in [0.05, 0.1) is 0 Å². The van der Waals surface area contributed by atoms with Gasteiger partial charge < -0.3 is 14.8 Å². The van der Waals surface area contributed by atoms with E-state index in [1.165, 1.54) is 0 Å². The second-order valence-electron chi connectivity index (χ2n) is 5.56. The molecule has 2 aromatic rings. The quantitative estimate of drug-likeness (QED) is 0.912. The number of hydrogen-bond donors (Lipinski definition) is 1. The maximum Gasteiger partial charge on any atom is 0.261 e. The second kappa shape index (κ2) is 6.15. The standard InChI is InChI=1S/C17H19N3O2/c1-19-9-11-20(12-10-19)17(22)15-14(7-8-18-16(15)21)13-5-3-2-4-6-13/h2-8H,9-12H2,1H3,(H,18,21). The number of hydrogen-bond acceptors (Lipinski definition) is 3. The largest absolute Gasteiger partial charge is 0.336 e. The lowest BCUT2D eigenvalue weighted by Crippen LogP contribution is -2.48. The highest BCUT2D eigenvalue weighted by molar-refractivity contribution is 6.00. The highest BCUT2D eigenvalue weighted by atomic mass is 16.2. The molecule has 1 aliphatic heterocycles. The Bertz CT molecular complexity index is 716. The number of pyridine rings is 1. The molecule has 1 fully saturated rings. The first-order valence-corrected chi connectivity index (χ1v) is 7.42. The van der Waals surface area contributed by atoms with Gasteiger partial charge >= 0.3 is 0 Å². The summed E-state index contributed by atoms with van der Waals surface area (Å²) in [6.07, 6.45) is 1.59. The van der Waals surface area contributed by atoms with Gasteiger partial charge in [-0.3, -0.25) is 9.59 Å². The van der Waals surface area contributed by atoms with E-state index in [9.17, 15) is 9.59 Å². The molecule has 5 nitrogen and oxygen atoms in total. The molecule has 1 aromatic carbocycles. The van der Waals surface area contributed by atoms with E-state index in [-0.39, 0.29) is 17.0 Å². The van der Waals surface area contributed by atoms with Gasteiger partial charge in [-0.25, -0.2) is 0 Å². The first-order valence-electron chi connectivity index (χ1n) is 7.42. The van der Waals surface area contributed by atoms with Crippen molar-refractivity contribution in [3.63, 3.8) is 0 Å². The fourth-order valence-electron chi connectivity index (χ4n) is 2.72. The third-order valence-corrected chi connectivity index (χ3v) is 4.05. The van der Waals surface area contributed by atoms with Gasteiger partial charge in [0.25, 0.3) is 11.5 Å². The van der Waals surface area contributed by atoms with Gasteiger partial charge in [0.1, 0.15) is 5.56 Å². The van der Waals surface area contributed by atoms with E-state index in [0.717, 1.165) is 18.7 Å². The van der Waals surface area contributed by atoms with Crippen molar-refractivity contribution in [3.8, 4) is 11.1 Å². The highest BCUT2D eigenvalue weighted by Gasteiger charge is 2.25. The van der Waals surface area contributed by atoms with Gasteiger partial charge in [-0.2, -0.15) is 0 Å². The first-order chi connectivity index (χ1) is 10.7. The Balaban J connectivity index is 2.00. The van der Waals surface area contributed by atoms with E-state index >= 15 is 0 Å². The minimum atomic E-state index is -0.328. The predicted molar refractivity (Wildman–Crippen MR) is 85.9 cm³/mol. The van der Waals surface area contributed by atoms with Crippen molar-refractivity contribution in [1.29, 1.82) is 0 Å². The van der Waals surface area contributed by atoms with Crippen LogP contribution in [0.2, 0.25) is 0 Å². The number of nitrogens with one attached hydrogen (secondary N) is 1. The number of likely N-dealkylation sites (N-methyl/N-ethyl adjacent to an activating group) is 1. The molecular formula is C17H19N3O2. The smallest absolute Gasteiger partial charge is 0.261 e. The van der Waals surface area contributed by atoms with E-state index in [1.807, 2.05) is 37.4 Å². The van der Waals surface area contributed by atoms with Crippen LogP contribution in [0.25, 0.3) is 11.1 Å². The Labute approximate surface area is 129 Å². The number of rotatable bonds is 2. The number of benzene rings is 1. The van der Waals surface area contributed by atoms with Crippen molar-refractivity contribution in [2.24, 2.45) is 0 Å². The number of nitrogens with zero attached hydrogens (tertiary/aromatic N) is 2. The van der Waals surface area contributed by atoms with Crippen LogP contribution in [-0.2, 0) is 0 Å². The number of piperazine rings is 1. The lowest BCUT2D eigenvalue weighted by molar-refractivity contribution is 0.0663. The number of aromatic nitrogens is 1. The number of amides is 1. The lowest BCUT2D eigenvalue weighted by atomic mass is 10.0. The molecule has 0 bridgehead atoms. The molecular weight excluding hydrogens is 278 g/mol. The summed E-state index contributed by atoms with van der Waals surface area (Å²) in [6.45, 7) is 2.96. The van der Waals surface area contributed by atoms with E-state index in [1.54, 1.807) is 17.2 Å². The summed E-state index contributed by atoms with van der Waals surface area (Å²) >= 11 is 0. The molecule has 1 saturated heterocycles. The van der Waals surface area contributed by atoms with E-state index < -0.39 is 0 Å². The van der Waals surface area contributed by atoms with Crippen LogP contribution in [0.3, 0.4) is 0 Å². The molecule has 0 unspecified atom stereocenters. The van der Waals surface area contributed by atoms with Crippen molar-refractivity contribution in [2.45, 2.75) is 0 Å². The lowest BCUT2D eigenvalue weighted by Gasteiger charge is -2.32. The van der Waals surface area contributed by atoms with Crippen molar-refractivity contribution in [1.82, 2.24) is 14.8 Å². The Hall–Kier alpha value is -2.40. The predicted octanol–water partition coefficient (Wildman–Crippen LogP) is 1.43.